The molecule has 0 aliphatic heterocycles. The molecule has 2 heteroatoms. The van der Waals surface area contributed by atoms with Gasteiger partial charge in [0.1, 0.15) is 5.75 Å². The van der Waals surface area contributed by atoms with Crippen LogP contribution in [0, 0.1) is 0 Å². The molecule has 0 unspecified atom stereocenters. The molecule has 0 fully saturated rings. The Morgan fingerprint density at radius 2 is 1.74 bits per heavy atom. The van der Waals surface area contributed by atoms with E-state index < -0.39 is 0 Å². The Morgan fingerprint density at radius 3 is 2.16 bits per heavy atom. The minimum Gasteiger partial charge on any atom is -0.464 e. The van der Waals surface area contributed by atoms with Crippen molar-refractivity contribution in [2.24, 2.45) is 5.73 Å². The molecule has 0 aromatic heterocycles. The molecular weight excluding hydrogens is 234 g/mol. The van der Waals surface area contributed by atoms with Crippen LogP contribution in [0.25, 0.3) is 6.08 Å². The van der Waals surface area contributed by atoms with E-state index in [2.05, 4.69) is 6.58 Å². The molecule has 0 saturated heterocycles. The van der Waals surface area contributed by atoms with Gasteiger partial charge in [0.2, 0.25) is 0 Å². The Balaban J connectivity index is 0. The van der Waals surface area contributed by atoms with Crippen molar-refractivity contribution < 1.29 is 4.74 Å². The van der Waals surface area contributed by atoms with E-state index in [1.54, 1.807) is 18.4 Å². The molecule has 0 atom stereocenters. The lowest BCUT2D eigenvalue weighted by molar-refractivity contribution is 0.474. The number of hydrogen-bond acceptors (Lipinski definition) is 2. The van der Waals surface area contributed by atoms with Gasteiger partial charge in [-0.3, -0.25) is 0 Å². The van der Waals surface area contributed by atoms with Crippen LogP contribution in [0.3, 0.4) is 0 Å². The Kier molecular flexibility index (Phi) is 14.4. The first-order valence-electron chi connectivity index (χ1n) is 6.50. The van der Waals surface area contributed by atoms with E-state index in [-0.39, 0.29) is 0 Å². The molecule has 1 aromatic carbocycles. The third-order valence-corrected chi connectivity index (χ3v) is 1.75. The number of rotatable bonds is 3. The average Bonchev–Trinajstić information content (AvgIpc) is 2.47. The first kappa shape index (κ1) is 19.4. The number of para-hydroxylation sites is 1. The SMILES string of the molecule is C/C=C/N.C=Cc1ccccc1OC=C(C)C.CC. The van der Waals surface area contributed by atoms with E-state index in [0.29, 0.717) is 0 Å². The second-order valence-electron chi connectivity index (χ2n) is 3.58. The van der Waals surface area contributed by atoms with Crippen LogP contribution in [0.5, 0.6) is 5.75 Å². The van der Waals surface area contributed by atoms with Gasteiger partial charge in [0.15, 0.2) is 0 Å². The molecule has 1 aromatic rings. The Labute approximate surface area is 118 Å². The summed E-state index contributed by atoms with van der Waals surface area (Å²) in [6.07, 6.45) is 6.80. The maximum Gasteiger partial charge on any atom is 0.133 e. The summed E-state index contributed by atoms with van der Waals surface area (Å²) in [4.78, 5) is 0. The highest BCUT2D eigenvalue weighted by molar-refractivity contribution is 5.55. The van der Waals surface area contributed by atoms with Gasteiger partial charge in [0.05, 0.1) is 6.26 Å². The van der Waals surface area contributed by atoms with Gasteiger partial charge >= 0.3 is 0 Å². The van der Waals surface area contributed by atoms with Gasteiger partial charge in [-0.1, -0.05) is 50.8 Å². The van der Waals surface area contributed by atoms with Crippen LogP contribution in [-0.4, -0.2) is 0 Å². The predicted octanol–water partition coefficient (Wildman–Crippen LogP) is 5.14. The number of ether oxygens (including phenoxy) is 1. The van der Waals surface area contributed by atoms with E-state index in [1.165, 1.54) is 6.20 Å². The van der Waals surface area contributed by atoms with Crippen molar-refractivity contribution in [1.82, 2.24) is 0 Å². The van der Waals surface area contributed by atoms with Gasteiger partial charge in [0, 0.05) is 5.56 Å². The summed E-state index contributed by atoms with van der Waals surface area (Å²) in [5.74, 6) is 0.846. The summed E-state index contributed by atoms with van der Waals surface area (Å²) in [5.41, 5.74) is 7.00. The molecular formula is C17H27NO. The summed E-state index contributed by atoms with van der Waals surface area (Å²) >= 11 is 0. The first-order valence-corrected chi connectivity index (χ1v) is 6.50. The number of allylic oxidation sites excluding steroid dienone is 2. The summed E-state index contributed by atoms with van der Waals surface area (Å²) in [5, 5.41) is 0. The minimum absolute atomic E-state index is 0.846. The zero-order chi connectivity index (χ0) is 15.1. The number of nitrogens with two attached hydrogens (primary N) is 1. The normalized spacial score (nSPS) is 8.47. The summed E-state index contributed by atoms with van der Waals surface area (Å²) in [6.45, 7) is 13.6. The number of hydrogen-bond donors (Lipinski definition) is 1. The van der Waals surface area contributed by atoms with Crippen LogP contribution in [0.1, 0.15) is 40.2 Å². The van der Waals surface area contributed by atoms with Gasteiger partial charge < -0.3 is 10.5 Å². The highest BCUT2D eigenvalue weighted by Crippen LogP contribution is 2.19. The Morgan fingerprint density at radius 1 is 1.21 bits per heavy atom. The molecule has 2 nitrogen and oxygen atoms in total. The van der Waals surface area contributed by atoms with Crippen LogP contribution >= 0.6 is 0 Å². The second kappa shape index (κ2) is 14.1. The predicted molar refractivity (Wildman–Crippen MR) is 86.9 cm³/mol. The largest absolute Gasteiger partial charge is 0.464 e. The monoisotopic (exact) mass is 261 g/mol. The van der Waals surface area contributed by atoms with Gasteiger partial charge in [-0.2, -0.15) is 0 Å². The van der Waals surface area contributed by atoms with E-state index >= 15 is 0 Å². The standard InChI is InChI=1S/C12H14O.C3H7N.C2H6/c1-4-11-7-5-6-8-12(11)13-9-10(2)3;1-2-3-4;1-2/h4-9H,1H2,2-3H3;2-3H,4H2,1H3;1-2H3/b;3-2+;. The van der Waals surface area contributed by atoms with Crippen molar-refractivity contribution in [3.63, 3.8) is 0 Å². The van der Waals surface area contributed by atoms with Crippen molar-refractivity contribution in [3.05, 3.63) is 60.5 Å². The maximum atomic E-state index is 5.46. The summed E-state index contributed by atoms with van der Waals surface area (Å²) < 4.78 is 5.46. The fourth-order valence-electron chi connectivity index (χ4n) is 0.938. The fraction of sp³-hybridized carbons (Fsp3) is 0.294. The lowest BCUT2D eigenvalue weighted by atomic mass is 10.2. The Bertz CT molecular complexity index is 384. The van der Waals surface area contributed by atoms with Crippen LogP contribution in [0.15, 0.2) is 55.0 Å². The van der Waals surface area contributed by atoms with Crippen LogP contribution in [0.4, 0.5) is 0 Å². The molecule has 0 bridgehead atoms. The van der Waals surface area contributed by atoms with Crippen molar-refractivity contribution in [1.29, 1.82) is 0 Å². The van der Waals surface area contributed by atoms with Crippen molar-refractivity contribution in [3.8, 4) is 5.75 Å². The lowest BCUT2D eigenvalue weighted by Gasteiger charge is -2.04. The molecule has 2 N–H and O–H groups in total. The molecule has 0 spiro atoms. The molecule has 0 radical (unpaired) electrons. The highest BCUT2D eigenvalue weighted by Gasteiger charge is 1.95. The first-order chi connectivity index (χ1) is 9.15. The molecule has 0 amide bonds. The molecule has 0 aliphatic rings. The molecule has 1 rings (SSSR count). The van der Waals surface area contributed by atoms with Crippen molar-refractivity contribution >= 4 is 6.08 Å². The second-order valence-corrected chi connectivity index (χ2v) is 3.58. The van der Waals surface area contributed by atoms with Crippen LogP contribution in [0.2, 0.25) is 0 Å². The van der Waals surface area contributed by atoms with E-state index in [9.17, 15) is 0 Å². The number of benzene rings is 1. The van der Waals surface area contributed by atoms with Crippen LogP contribution in [-0.2, 0) is 0 Å². The Hall–Kier alpha value is -1.96. The molecule has 0 saturated carbocycles. The molecule has 0 heterocycles. The third kappa shape index (κ3) is 10.9. The van der Waals surface area contributed by atoms with Gasteiger partial charge in [-0.05, 0) is 38.6 Å². The quantitative estimate of drug-likeness (QED) is 0.765. The maximum absolute atomic E-state index is 5.46. The van der Waals surface area contributed by atoms with Gasteiger partial charge in [-0.25, -0.2) is 0 Å². The van der Waals surface area contributed by atoms with Crippen molar-refractivity contribution in [2.75, 3.05) is 0 Å². The zero-order valence-electron chi connectivity index (χ0n) is 12.8. The van der Waals surface area contributed by atoms with Gasteiger partial charge in [-0.15, -0.1) is 0 Å². The average molecular weight is 261 g/mol. The highest BCUT2D eigenvalue weighted by atomic mass is 16.5. The van der Waals surface area contributed by atoms with E-state index in [4.69, 9.17) is 10.5 Å². The molecule has 106 valence electrons. The zero-order valence-corrected chi connectivity index (χ0v) is 12.8. The van der Waals surface area contributed by atoms with Gasteiger partial charge in [0.25, 0.3) is 0 Å². The molecule has 19 heavy (non-hydrogen) atoms. The smallest absolute Gasteiger partial charge is 0.133 e. The van der Waals surface area contributed by atoms with Crippen LogP contribution < -0.4 is 10.5 Å². The molecule has 0 aliphatic carbocycles. The third-order valence-electron chi connectivity index (χ3n) is 1.75. The topological polar surface area (TPSA) is 35.2 Å². The van der Waals surface area contributed by atoms with E-state index in [0.717, 1.165) is 16.9 Å². The van der Waals surface area contributed by atoms with Crippen molar-refractivity contribution in [2.45, 2.75) is 34.6 Å². The minimum atomic E-state index is 0.846. The summed E-state index contributed by atoms with van der Waals surface area (Å²) in [6, 6.07) is 7.81. The fourth-order valence-corrected chi connectivity index (χ4v) is 0.938. The summed E-state index contributed by atoms with van der Waals surface area (Å²) in [7, 11) is 0. The van der Waals surface area contributed by atoms with E-state index in [1.807, 2.05) is 58.9 Å². The lowest BCUT2D eigenvalue weighted by Crippen LogP contribution is -1.86.